The third-order valence-corrected chi connectivity index (χ3v) is 4.31. The first kappa shape index (κ1) is 12.3. The average molecular weight is 261 g/mol. The Kier molecular flexibility index (Phi) is 3.05. The van der Waals surface area contributed by atoms with Crippen molar-refractivity contribution in [2.24, 2.45) is 0 Å². The fraction of sp³-hybridized carbons (Fsp3) is 0.571. The van der Waals surface area contributed by atoms with E-state index < -0.39 is 0 Å². The number of H-pyrrole nitrogens is 1. The van der Waals surface area contributed by atoms with Crippen LogP contribution < -0.4 is 5.32 Å². The lowest BCUT2D eigenvalue weighted by atomic mass is 9.89. The standard InChI is InChI=1S/C14H19N3O2/c18-12-2-5-14(16-12)4-1-8-17(9-6-14)13(19)11-3-7-15-10-11/h3,7,10,15H,1-2,4-6,8-9H2,(H,16,18). The summed E-state index contributed by atoms with van der Waals surface area (Å²) in [5, 5.41) is 3.12. The second-order valence-electron chi connectivity index (χ2n) is 5.57. The van der Waals surface area contributed by atoms with Crippen molar-refractivity contribution in [3.63, 3.8) is 0 Å². The zero-order chi connectivity index (χ0) is 13.3. The number of nitrogens with zero attached hydrogens (tertiary/aromatic N) is 1. The maximum atomic E-state index is 12.3. The number of nitrogens with one attached hydrogen (secondary N) is 2. The van der Waals surface area contributed by atoms with E-state index in [1.165, 1.54) is 0 Å². The second kappa shape index (κ2) is 4.72. The van der Waals surface area contributed by atoms with Crippen LogP contribution in [0.4, 0.5) is 0 Å². The highest BCUT2D eigenvalue weighted by molar-refractivity contribution is 5.94. The Morgan fingerprint density at radius 1 is 1.26 bits per heavy atom. The van der Waals surface area contributed by atoms with E-state index in [0.717, 1.165) is 38.8 Å². The monoisotopic (exact) mass is 261 g/mol. The van der Waals surface area contributed by atoms with Crippen molar-refractivity contribution in [3.8, 4) is 0 Å². The highest BCUT2D eigenvalue weighted by Gasteiger charge is 2.39. The number of rotatable bonds is 1. The van der Waals surface area contributed by atoms with E-state index in [4.69, 9.17) is 0 Å². The zero-order valence-corrected chi connectivity index (χ0v) is 10.9. The van der Waals surface area contributed by atoms with E-state index in [1.807, 2.05) is 4.90 Å². The normalized spacial score (nSPS) is 27.4. The zero-order valence-electron chi connectivity index (χ0n) is 10.9. The van der Waals surface area contributed by atoms with Gasteiger partial charge in [0.25, 0.3) is 5.91 Å². The number of hydrogen-bond donors (Lipinski definition) is 2. The van der Waals surface area contributed by atoms with Gasteiger partial charge in [-0.25, -0.2) is 0 Å². The van der Waals surface area contributed by atoms with Gasteiger partial charge in [-0.05, 0) is 31.7 Å². The summed E-state index contributed by atoms with van der Waals surface area (Å²) in [6, 6.07) is 1.81. The lowest BCUT2D eigenvalue weighted by molar-refractivity contribution is -0.119. The highest BCUT2D eigenvalue weighted by atomic mass is 16.2. The van der Waals surface area contributed by atoms with Gasteiger partial charge < -0.3 is 15.2 Å². The van der Waals surface area contributed by atoms with Gasteiger partial charge in [-0.3, -0.25) is 9.59 Å². The Bertz CT molecular complexity index is 483. The van der Waals surface area contributed by atoms with Crippen LogP contribution in [0.15, 0.2) is 18.5 Å². The fourth-order valence-electron chi connectivity index (χ4n) is 3.19. The van der Waals surface area contributed by atoms with Crippen molar-refractivity contribution in [3.05, 3.63) is 24.0 Å². The lowest BCUT2D eigenvalue weighted by Gasteiger charge is -2.27. The molecule has 0 aliphatic carbocycles. The molecule has 2 N–H and O–H groups in total. The summed E-state index contributed by atoms with van der Waals surface area (Å²) >= 11 is 0. The Labute approximate surface area is 112 Å². The molecule has 2 aliphatic heterocycles. The van der Waals surface area contributed by atoms with Gasteiger partial charge in [-0.1, -0.05) is 0 Å². The summed E-state index contributed by atoms with van der Waals surface area (Å²) in [6.45, 7) is 1.51. The minimum atomic E-state index is -0.0513. The van der Waals surface area contributed by atoms with Gasteiger partial charge in [0, 0.05) is 37.4 Å². The Morgan fingerprint density at radius 2 is 2.16 bits per heavy atom. The number of hydrogen-bond acceptors (Lipinski definition) is 2. The molecule has 1 aromatic heterocycles. The van der Waals surface area contributed by atoms with Crippen molar-refractivity contribution in [2.75, 3.05) is 13.1 Å². The maximum absolute atomic E-state index is 12.3. The quantitative estimate of drug-likeness (QED) is 0.800. The molecule has 102 valence electrons. The molecule has 0 radical (unpaired) electrons. The molecule has 5 heteroatoms. The molecule has 2 saturated heterocycles. The first-order valence-electron chi connectivity index (χ1n) is 6.92. The van der Waals surface area contributed by atoms with Crippen LogP contribution in [0.3, 0.4) is 0 Å². The van der Waals surface area contributed by atoms with Crippen LogP contribution >= 0.6 is 0 Å². The predicted molar refractivity (Wildman–Crippen MR) is 70.7 cm³/mol. The molecule has 5 nitrogen and oxygen atoms in total. The smallest absolute Gasteiger partial charge is 0.255 e. The predicted octanol–water partition coefficient (Wildman–Crippen LogP) is 1.29. The SMILES string of the molecule is O=C1CCC2(CCCN(C(=O)c3cc[nH]c3)CC2)N1. The molecule has 2 amide bonds. The van der Waals surface area contributed by atoms with Gasteiger partial charge in [0.15, 0.2) is 0 Å². The van der Waals surface area contributed by atoms with Crippen LogP contribution in [0, 0.1) is 0 Å². The molecule has 2 fully saturated rings. The van der Waals surface area contributed by atoms with E-state index in [1.54, 1.807) is 18.5 Å². The average Bonchev–Trinajstić information content (AvgIpc) is 2.98. The van der Waals surface area contributed by atoms with E-state index in [2.05, 4.69) is 10.3 Å². The van der Waals surface area contributed by atoms with E-state index in [9.17, 15) is 9.59 Å². The molecule has 19 heavy (non-hydrogen) atoms. The summed E-state index contributed by atoms with van der Waals surface area (Å²) in [4.78, 5) is 28.6. The van der Waals surface area contributed by atoms with E-state index in [-0.39, 0.29) is 17.4 Å². The first-order valence-corrected chi connectivity index (χ1v) is 6.92. The topological polar surface area (TPSA) is 65.2 Å². The van der Waals surface area contributed by atoms with Crippen LogP contribution in [0.2, 0.25) is 0 Å². The largest absolute Gasteiger partial charge is 0.367 e. The molecule has 1 unspecified atom stereocenters. The van der Waals surface area contributed by atoms with Gasteiger partial charge in [-0.15, -0.1) is 0 Å². The van der Waals surface area contributed by atoms with Crippen LogP contribution in [-0.4, -0.2) is 40.3 Å². The summed E-state index contributed by atoms with van der Waals surface area (Å²) in [5.41, 5.74) is 0.663. The Balaban J connectivity index is 1.68. The number of carbonyl (C=O) groups is 2. The minimum absolute atomic E-state index is 0.0513. The van der Waals surface area contributed by atoms with Gasteiger partial charge >= 0.3 is 0 Å². The molecule has 3 rings (SSSR count). The molecule has 0 saturated carbocycles. The number of aromatic amines is 1. The van der Waals surface area contributed by atoms with E-state index in [0.29, 0.717) is 12.0 Å². The first-order chi connectivity index (χ1) is 9.19. The third kappa shape index (κ3) is 2.37. The van der Waals surface area contributed by atoms with Crippen LogP contribution in [0.5, 0.6) is 0 Å². The van der Waals surface area contributed by atoms with Crippen LogP contribution in [0.1, 0.15) is 42.5 Å². The van der Waals surface area contributed by atoms with Gasteiger partial charge in [-0.2, -0.15) is 0 Å². The van der Waals surface area contributed by atoms with E-state index >= 15 is 0 Å². The number of amides is 2. The van der Waals surface area contributed by atoms with Crippen LogP contribution in [-0.2, 0) is 4.79 Å². The van der Waals surface area contributed by atoms with Crippen molar-refractivity contribution in [1.82, 2.24) is 15.2 Å². The summed E-state index contributed by atoms with van der Waals surface area (Å²) in [6.07, 6.45) is 7.86. The minimum Gasteiger partial charge on any atom is -0.367 e. The number of aromatic nitrogens is 1. The molecule has 1 atom stereocenters. The van der Waals surface area contributed by atoms with Crippen LogP contribution in [0.25, 0.3) is 0 Å². The van der Waals surface area contributed by atoms with Gasteiger partial charge in [0.05, 0.1) is 5.56 Å². The molecule has 3 heterocycles. The summed E-state index contributed by atoms with van der Waals surface area (Å²) < 4.78 is 0. The summed E-state index contributed by atoms with van der Waals surface area (Å²) in [5.74, 6) is 0.244. The lowest BCUT2D eigenvalue weighted by Crippen LogP contribution is -2.42. The second-order valence-corrected chi connectivity index (χ2v) is 5.57. The van der Waals surface area contributed by atoms with Crippen molar-refractivity contribution in [1.29, 1.82) is 0 Å². The summed E-state index contributed by atoms with van der Waals surface area (Å²) in [7, 11) is 0. The third-order valence-electron chi connectivity index (χ3n) is 4.31. The van der Waals surface area contributed by atoms with Crippen molar-refractivity contribution >= 4 is 11.8 Å². The molecular weight excluding hydrogens is 242 g/mol. The van der Waals surface area contributed by atoms with Crippen molar-refractivity contribution < 1.29 is 9.59 Å². The fourth-order valence-corrected chi connectivity index (χ4v) is 3.19. The van der Waals surface area contributed by atoms with Gasteiger partial charge in [0.2, 0.25) is 5.91 Å². The molecule has 0 aromatic carbocycles. The number of carbonyl (C=O) groups excluding carboxylic acids is 2. The number of likely N-dealkylation sites (tertiary alicyclic amines) is 1. The molecule has 1 aromatic rings. The molecule has 1 spiro atoms. The molecule has 2 aliphatic rings. The highest BCUT2D eigenvalue weighted by Crippen LogP contribution is 2.31. The maximum Gasteiger partial charge on any atom is 0.255 e. The van der Waals surface area contributed by atoms with Crippen molar-refractivity contribution in [2.45, 2.75) is 37.6 Å². The Hall–Kier alpha value is -1.78. The molecular formula is C14H19N3O2. The molecule has 0 bridgehead atoms. The Morgan fingerprint density at radius 3 is 2.84 bits per heavy atom. The van der Waals surface area contributed by atoms with Gasteiger partial charge in [0.1, 0.15) is 0 Å².